The second-order valence-corrected chi connectivity index (χ2v) is 5.68. The zero-order chi connectivity index (χ0) is 10.9. The van der Waals surface area contributed by atoms with Gasteiger partial charge in [0.2, 0.25) is 5.91 Å². The Balaban J connectivity index is 1.94. The molecule has 3 nitrogen and oxygen atoms in total. The molecular weight excluding hydrogens is 256 g/mol. The number of likely N-dealkylation sites (tertiary alicyclic amines) is 1. The summed E-state index contributed by atoms with van der Waals surface area (Å²) >= 11 is 3.56. The molecule has 1 aliphatic heterocycles. The van der Waals surface area contributed by atoms with Crippen LogP contribution in [-0.2, 0) is 4.79 Å². The first kappa shape index (κ1) is 11.4. The number of alkyl halides is 1. The average Bonchev–Trinajstić information content (AvgIpc) is 2.86. The van der Waals surface area contributed by atoms with E-state index in [0.717, 1.165) is 24.3 Å². The number of carbonyl (C=O) groups is 1. The second-order valence-electron chi connectivity index (χ2n) is 5.03. The van der Waals surface area contributed by atoms with Gasteiger partial charge in [0.15, 0.2) is 0 Å². The predicted octanol–water partition coefficient (Wildman–Crippen LogP) is 1.36. The minimum absolute atomic E-state index is 0.120. The van der Waals surface area contributed by atoms with Crippen LogP contribution in [0.3, 0.4) is 0 Å². The third-order valence-electron chi connectivity index (χ3n) is 3.99. The van der Waals surface area contributed by atoms with Crippen LogP contribution in [0.15, 0.2) is 0 Å². The highest BCUT2D eigenvalue weighted by Gasteiger charge is 2.44. The van der Waals surface area contributed by atoms with Crippen molar-refractivity contribution in [3.05, 3.63) is 0 Å². The van der Waals surface area contributed by atoms with Gasteiger partial charge in [-0.3, -0.25) is 4.79 Å². The lowest BCUT2D eigenvalue weighted by atomic mass is 9.85. The Morgan fingerprint density at radius 2 is 2.33 bits per heavy atom. The number of carbonyl (C=O) groups excluding carboxylic acids is 1. The first-order chi connectivity index (χ1) is 7.19. The lowest BCUT2D eigenvalue weighted by Crippen LogP contribution is -2.35. The van der Waals surface area contributed by atoms with Crippen molar-refractivity contribution in [1.29, 1.82) is 0 Å². The summed E-state index contributed by atoms with van der Waals surface area (Å²) in [6.07, 6.45) is 5.07. The van der Waals surface area contributed by atoms with Crippen LogP contribution in [0, 0.1) is 11.3 Å². The van der Waals surface area contributed by atoms with E-state index in [0.29, 0.717) is 5.41 Å². The van der Waals surface area contributed by atoms with Crippen LogP contribution in [0.25, 0.3) is 0 Å². The molecule has 2 rings (SSSR count). The molecule has 0 aromatic carbocycles. The Morgan fingerprint density at radius 3 is 2.93 bits per heavy atom. The van der Waals surface area contributed by atoms with E-state index in [1.807, 2.05) is 4.90 Å². The molecule has 1 amide bonds. The minimum atomic E-state index is 0.120. The predicted molar refractivity (Wildman–Crippen MR) is 63.8 cm³/mol. The van der Waals surface area contributed by atoms with E-state index in [2.05, 4.69) is 15.9 Å². The third kappa shape index (κ3) is 2.21. The fraction of sp³-hybridized carbons (Fsp3) is 0.909. The fourth-order valence-electron chi connectivity index (χ4n) is 3.11. The summed E-state index contributed by atoms with van der Waals surface area (Å²) in [6, 6.07) is 0. The molecule has 2 fully saturated rings. The molecule has 2 atom stereocenters. The van der Waals surface area contributed by atoms with E-state index in [4.69, 9.17) is 5.73 Å². The van der Waals surface area contributed by atoms with E-state index in [9.17, 15) is 4.79 Å². The van der Waals surface area contributed by atoms with Gasteiger partial charge in [0, 0.05) is 18.4 Å². The normalized spacial score (nSPS) is 35.3. The number of nitrogens with two attached hydrogens (primary N) is 1. The van der Waals surface area contributed by atoms with Crippen molar-refractivity contribution in [2.24, 2.45) is 17.1 Å². The van der Waals surface area contributed by atoms with Crippen molar-refractivity contribution in [3.63, 3.8) is 0 Å². The van der Waals surface area contributed by atoms with Gasteiger partial charge in [-0.1, -0.05) is 15.9 Å². The Bertz CT molecular complexity index is 259. The molecule has 0 aromatic heterocycles. The van der Waals surface area contributed by atoms with Gasteiger partial charge in [-0.2, -0.15) is 0 Å². The monoisotopic (exact) mass is 274 g/mol. The Kier molecular flexibility index (Phi) is 3.36. The molecular formula is C11H19BrN2O. The summed E-state index contributed by atoms with van der Waals surface area (Å²) in [5.41, 5.74) is 5.83. The maximum atomic E-state index is 11.5. The van der Waals surface area contributed by atoms with Crippen molar-refractivity contribution in [2.75, 3.05) is 25.0 Å². The van der Waals surface area contributed by atoms with Crippen molar-refractivity contribution >= 4 is 21.8 Å². The molecule has 86 valence electrons. The van der Waals surface area contributed by atoms with Gasteiger partial charge in [0.25, 0.3) is 0 Å². The van der Waals surface area contributed by atoms with Crippen molar-refractivity contribution < 1.29 is 4.79 Å². The molecule has 0 radical (unpaired) electrons. The van der Waals surface area contributed by atoms with E-state index >= 15 is 0 Å². The molecule has 1 spiro atoms. The maximum absolute atomic E-state index is 11.5. The third-order valence-corrected chi connectivity index (χ3v) is 4.90. The number of nitrogens with zero attached hydrogens (tertiary/aromatic N) is 1. The van der Waals surface area contributed by atoms with Gasteiger partial charge < -0.3 is 10.6 Å². The number of hydrogen-bond donors (Lipinski definition) is 1. The van der Waals surface area contributed by atoms with Crippen LogP contribution < -0.4 is 5.73 Å². The molecule has 2 aliphatic rings. The van der Waals surface area contributed by atoms with Crippen molar-refractivity contribution in [3.8, 4) is 0 Å². The average molecular weight is 275 g/mol. The largest absolute Gasteiger partial charge is 0.341 e. The summed E-state index contributed by atoms with van der Waals surface area (Å²) in [4.78, 5) is 13.5. The molecule has 1 saturated heterocycles. The minimum Gasteiger partial charge on any atom is -0.341 e. The molecule has 1 aliphatic carbocycles. The fourth-order valence-corrected chi connectivity index (χ4v) is 3.66. The number of amides is 1. The molecule has 4 heteroatoms. The van der Waals surface area contributed by atoms with Crippen LogP contribution in [0.5, 0.6) is 0 Å². The summed E-state index contributed by atoms with van der Waals surface area (Å²) in [6.45, 7) is 2.04. The Hall–Kier alpha value is -0.0900. The van der Waals surface area contributed by atoms with Crippen molar-refractivity contribution in [1.82, 2.24) is 4.90 Å². The summed E-state index contributed by atoms with van der Waals surface area (Å²) in [5.74, 6) is 0.937. The maximum Gasteiger partial charge on any atom is 0.236 e. The van der Waals surface area contributed by atoms with E-state index in [1.54, 1.807) is 0 Å². The van der Waals surface area contributed by atoms with Gasteiger partial charge in [0.05, 0.1) is 6.54 Å². The molecule has 1 saturated carbocycles. The molecule has 0 bridgehead atoms. The van der Waals surface area contributed by atoms with Gasteiger partial charge in [0.1, 0.15) is 0 Å². The van der Waals surface area contributed by atoms with Crippen LogP contribution in [0.4, 0.5) is 0 Å². The smallest absolute Gasteiger partial charge is 0.236 e. The lowest BCUT2D eigenvalue weighted by Gasteiger charge is -2.23. The van der Waals surface area contributed by atoms with E-state index < -0.39 is 0 Å². The molecule has 2 N–H and O–H groups in total. The van der Waals surface area contributed by atoms with Crippen LogP contribution in [0.2, 0.25) is 0 Å². The zero-order valence-electron chi connectivity index (χ0n) is 9.04. The summed E-state index contributed by atoms with van der Waals surface area (Å²) in [7, 11) is 0. The molecule has 0 aromatic rings. The topological polar surface area (TPSA) is 46.3 Å². The Morgan fingerprint density at radius 1 is 1.53 bits per heavy atom. The van der Waals surface area contributed by atoms with Gasteiger partial charge >= 0.3 is 0 Å². The highest BCUT2D eigenvalue weighted by atomic mass is 79.9. The molecule has 15 heavy (non-hydrogen) atoms. The van der Waals surface area contributed by atoms with Gasteiger partial charge in [-0.15, -0.1) is 0 Å². The van der Waals surface area contributed by atoms with Crippen LogP contribution in [-0.4, -0.2) is 35.8 Å². The first-order valence-electron chi connectivity index (χ1n) is 5.73. The first-order valence-corrected chi connectivity index (χ1v) is 6.85. The quantitative estimate of drug-likeness (QED) is 0.773. The van der Waals surface area contributed by atoms with Crippen molar-refractivity contribution in [2.45, 2.75) is 25.7 Å². The molecule has 0 unspecified atom stereocenters. The van der Waals surface area contributed by atoms with E-state index in [1.165, 1.54) is 25.7 Å². The lowest BCUT2D eigenvalue weighted by molar-refractivity contribution is -0.129. The Labute approximate surface area is 99.5 Å². The molecule has 1 heterocycles. The summed E-state index contributed by atoms with van der Waals surface area (Å²) < 4.78 is 0. The number of rotatable bonds is 2. The van der Waals surface area contributed by atoms with E-state index in [-0.39, 0.29) is 12.5 Å². The van der Waals surface area contributed by atoms with Crippen LogP contribution >= 0.6 is 15.9 Å². The standard InChI is InChI=1S/C11H19BrN2O/c12-6-9-1-2-11(5-9)3-4-14(8-11)10(15)7-13/h9H,1-8,13H2/t9-,11+/m1/s1. The second kappa shape index (κ2) is 4.42. The van der Waals surface area contributed by atoms with Gasteiger partial charge in [-0.25, -0.2) is 0 Å². The highest BCUT2D eigenvalue weighted by Crippen LogP contribution is 2.48. The van der Waals surface area contributed by atoms with Crippen LogP contribution in [0.1, 0.15) is 25.7 Å². The number of hydrogen-bond acceptors (Lipinski definition) is 2. The summed E-state index contributed by atoms with van der Waals surface area (Å²) in [5, 5.41) is 1.11. The van der Waals surface area contributed by atoms with Gasteiger partial charge in [-0.05, 0) is 37.0 Å². The zero-order valence-corrected chi connectivity index (χ0v) is 10.6. The number of halogens is 1. The highest BCUT2D eigenvalue weighted by molar-refractivity contribution is 9.09. The SMILES string of the molecule is NCC(=O)N1CC[C@]2(CC[C@@H](CBr)C2)C1.